The topological polar surface area (TPSA) is 159 Å². The molecule has 0 saturated heterocycles. The van der Waals surface area contributed by atoms with Crippen LogP contribution in [0.1, 0.15) is 74.3 Å². The zero-order valence-electron chi connectivity index (χ0n) is 28.5. The van der Waals surface area contributed by atoms with E-state index in [0.717, 1.165) is 9.37 Å². The summed E-state index contributed by atoms with van der Waals surface area (Å²) >= 11 is 6.72. The first kappa shape index (κ1) is 41.0. The van der Waals surface area contributed by atoms with Gasteiger partial charge < -0.3 is 18.9 Å². The van der Waals surface area contributed by atoms with Gasteiger partial charge in [0, 0.05) is 10.9 Å². The molecule has 13 nitrogen and oxygen atoms in total. The van der Waals surface area contributed by atoms with Crippen molar-refractivity contribution in [2.75, 3.05) is 13.2 Å². The van der Waals surface area contributed by atoms with Gasteiger partial charge in [-0.25, -0.2) is 19.3 Å². The van der Waals surface area contributed by atoms with E-state index in [1.165, 1.54) is 12.1 Å². The Morgan fingerprint density at radius 3 is 1.94 bits per heavy atom. The zero-order valence-corrected chi connectivity index (χ0v) is 32.5. The standard InChI is InChI=1S/C32H43Br2N3O10S/c1-30(2,3)45-27(38)35-26(36-28(39)46-31(4,5)6)37(29(40)47-32(7,8)9)20-21-11-16-25(24(34)19-21)43-17-10-18-44-48(41,42)23-14-12-22(33)13-15-23/h11-16,19H,10,17-18,20H2,1-9H3,(H,35,36,38,39). The maximum atomic E-state index is 13.5. The van der Waals surface area contributed by atoms with Gasteiger partial charge in [-0.15, -0.1) is 4.99 Å². The molecule has 16 heteroatoms. The number of amides is 3. The predicted molar refractivity (Wildman–Crippen MR) is 186 cm³/mol. The van der Waals surface area contributed by atoms with Crippen molar-refractivity contribution in [3.8, 4) is 5.75 Å². The summed E-state index contributed by atoms with van der Waals surface area (Å²) in [6, 6.07) is 11.1. The molecule has 0 heterocycles. The fraction of sp³-hybridized carbons (Fsp3) is 0.500. The first-order chi connectivity index (χ1) is 21.9. The molecule has 0 spiro atoms. The molecular formula is C32H43Br2N3O10S. The van der Waals surface area contributed by atoms with Crippen molar-refractivity contribution in [1.82, 2.24) is 10.2 Å². The number of carbonyl (C=O) groups excluding carboxylic acids is 3. The average molecular weight is 822 g/mol. The molecule has 0 atom stereocenters. The minimum Gasteiger partial charge on any atom is -0.492 e. The van der Waals surface area contributed by atoms with Crippen LogP contribution in [-0.4, -0.2) is 67.6 Å². The number of carbonyl (C=O) groups is 3. The minimum atomic E-state index is -3.91. The Morgan fingerprint density at radius 2 is 1.40 bits per heavy atom. The molecule has 2 aromatic carbocycles. The number of hydrogen-bond acceptors (Lipinski definition) is 10. The highest BCUT2D eigenvalue weighted by molar-refractivity contribution is 9.10. The smallest absolute Gasteiger partial charge is 0.437 e. The molecule has 1 N–H and O–H groups in total. The Kier molecular flexibility index (Phi) is 14.5. The van der Waals surface area contributed by atoms with E-state index < -0.39 is 51.2 Å². The molecule has 2 rings (SSSR count). The number of rotatable bonds is 9. The Labute approximate surface area is 299 Å². The summed E-state index contributed by atoms with van der Waals surface area (Å²) in [6.45, 7) is 14.8. The summed E-state index contributed by atoms with van der Waals surface area (Å²) < 4.78 is 53.1. The summed E-state index contributed by atoms with van der Waals surface area (Å²) in [6.07, 6.45) is -2.65. The van der Waals surface area contributed by atoms with Gasteiger partial charge in [-0.2, -0.15) is 8.42 Å². The van der Waals surface area contributed by atoms with Crippen LogP contribution in [0.15, 0.2) is 61.3 Å². The van der Waals surface area contributed by atoms with Crippen LogP contribution in [-0.2, 0) is 35.1 Å². The predicted octanol–water partition coefficient (Wildman–Crippen LogP) is 7.94. The van der Waals surface area contributed by atoms with Crippen LogP contribution in [0.5, 0.6) is 5.75 Å². The Bertz CT molecular complexity index is 1580. The molecule has 0 aliphatic carbocycles. The van der Waals surface area contributed by atoms with E-state index in [4.69, 9.17) is 23.1 Å². The largest absolute Gasteiger partial charge is 0.492 e. The van der Waals surface area contributed by atoms with Crippen molar-refractivity contribution >= 4 is 66.2 Å². The van der Waals surface area contributed by atoms with E-state index in [0.29, 0.717) is 15.8 Å². The second-order valence-electron chi connectivity index (χ2n) is 13.3. The van der Waals surface area contributed by atoms with E-state index >= 15 is 0 Å². The monoisotopic (exact) mass is 819 g/mol. The van der Waals surface area contributed by atoms with E-state index in [-0.39, 0.29) is 31.1 Å². The van der Waals surface area contributed by atoms with Crippen LogP contribution in [0.2, 0.25) is 0 Å². The molecule has 0 fully saturated rings. The molecule has 2 aromatic rings. The molecule has 0 aromatic heterocycles. The van der Waals surface area contributed by atoms with Crippen LogP contribution < -0.4 is 10.1 Å². The SMILES string of the molecule is CC(C)(C)OC(=O)N=C(NC(=O)OC(C)(C)C)N(Cc1ccc(OCCCOS(=O)(=O)c2ccc(Br)cc2)c(Br)c1)C(=O)OC(C)(C)C. The van der Waals surface area contributed by atoms with Gasteiger partial charge in [0.1, 0.15) is 22.6 Å². The molecule has 266 valence electrons. The molecule has 0 unspecified atom stereocenters. The van der Waals surface area contributed by atoms with Crippen LogP contribution in [0.4, 0.5) is 14.4 Å². The summed E-state index contributed by atoms with van der Waals surface area (Å²) in [5.41, 5.74) is -2.20. The molecule has 0 bridgehead atoms. The van der Waals surface area contributed by atoms with Crippen LogP contribution in [0.3, 0.4) is 0 Å². The van der Waals surface area contributed by atoms with Gasteiger partial charge in [0.05, 0.1) is 29.1 Å². The average Bonchev–Trinajstić information content (AvgIpc) is 2.89. The number of halogens is 2. The van der Waals surface area contributed by atoms with Crippen LogP contribution in [0, 0.1) is 0 Å². The molecule has 0 radical (unpaired) electrons. The van der Waals surface area contributed by atoms with Crippen molar-refractivity contribution in [2.45, 2.75) is 97.0 Å². The lowest BCUT2D eigenvalue weighted by Crippen LogP contribution is -2.50. The molecule has 0 saturated carbocycles. The Hall–Kier alpha value is -3.21. The lowest BCUT2D eigenvalue weighted by molar-refractivity contribution is 0.0346. The third-order valence-electron chi connectivity index (χ3n) is 5.30. The van der Waals surface area contributed by atoms with Crippen molar-refractivity contribution in [3.63, 3.8) is 0 Å². The number of ether oxygens (including phenoxy) is 4. The number of benzene rings is 2. The van der Waals surface area contributed by atoms with Crippen molar-refractivity contribution in [3.05, 3.63) is 57.0 Å². The number of nitrogens with zero attached hydrogens (tertiary/aromatic N) is 2. The lowest BCUT2D eigenvalue weighted by Gasteiger charge is -2.29. The van der Waals surface area contributed by atoms with E-state index in [2.05, 4.69) is 42.2 Å². The summed E-state index contributed by atoms with van der Waals surface area (Å²) in [5.74, 6) is -0.0323. The second-order valence-corrected chi connectivity index (χ2v) is 16.7. The van der Waals surface area contributed by atoms with Crippen molar-refractivity contribution in [2.24, 2.45) is 4.99 Å². The number of guanidine groups is 1. The number of nitrogens with one attached hydrogen (secondary N) is 1. The maximum Gasteiger partial charge on any atom is 0.437 e. The summed E-state index contributed by atoms with van der Waals surface area (Å²) in [4.78, 5) is 43.9. The normalized spacial score (nSPS) is 12.6. The van der Waals surface area contributed by atoms with E-state index in [1.54, 1.807) is 92.6 Å². The third-order valence-corrected chi connectivity index (χ3v) is 7.77. The Balaban J connectivity index is 2.25. The number of alkyl carbamates (subject to hydrolysis) is 1. The highest BCUT2D eigenvalue weighted by Crippen LogP contribution is 2.27. The quantitative estimate of drug-likeness (QED) is 0.0866. The van der Waals surface area contributed by atoms with Crippen molar-refractivity contribution < 1.29 is 45.9 Å². The molecule has 3 amide bonds. The van der Waals surface area contributed by atoms with Gasteiger partial charge in [-0.3, -0.25) is 9.50 Å². The van der Waals surface area contributed by atoms with Crippen LogP contribution in [0.25, 0.3) is 0 Å². The number of aliphatic imine (C=N–C) groups is 1. The van der Waals surface area contributed by atoms with Gasteiger partial charge >= 0.3 is 18.3 Å². The van der Waals surface area contributed by atoms with Crippen molar-refractivity contribution in [1.29, 1.82) is 0 Å². The fourth-order valence-corrected chi connectivity index (χ4v) is 5.23. The third kappa shape index (κ3) is 15.3. The molecule has 0 aliphatic heterocycles. The zero-order chi connectivity index (χ0) is 36.5. The second kappa shape index (κ2) is 16.9. The fourth-order valence-electron chi connectivity index (χ4n) is 3.49. The molecular weight excluding hydrogens is 778 g/mol. The highest BCUT2D eigenvalue weighted by atomic mass is 79.9. The van der Waals surface area contributed by atoms with Crippen LogP contribution >= 0.6 is 31.9 Å². The van der Waals surface area contributed by atoms with Gasteiger partial charge in [0.15, 0.2) is 0 Å². The summed E-state index contributed by atoms with van der Waals surface area (Å²) in [7, 11) is -3.91. The lowest BCUT2D eigenvalue weighted by atomic mass is 10.2. The minimum absolute atomic E-state index is 0.0472. The van der Waals surface area contributed by atoms with E-state index in [9.17, 15) is 22.8 Å². The molecule has 0 aliphatic rings. The first-order valence-electron chi connectivity index (χ1n) is 14.8. The van der Waals surface area contributed by atoms with Gasteiger partial charge in [0.25, 0.3) is 10.1 Å². The van der Waals surface area contributed by atoms with Gasteiger partial charge in [-0.05, 0) is 120 Å². The van der Waals surface area contributed by atoms with Gasteiger partial charge in [0.2, 0.25) is 5.96 Å². The highest BCUT2D eigenvalue weighted by Gasteiger charge is 2.30. The molecule has 48 heavy (non-hydrogen) atoms. The number of hydrogen-bond donors (Lipinski definition) is 1. The summed E-state index contributed by atoms with van der Waals surface area (Å²) in [5, 5.41) is 2.39. The van der Waals surface area contributed by atoms with E-state index in [1.807, 2.05) is 0 Å². The van der Waals surface area contributed by atoms with Gasteiger partial charge in [-0.1, -0.05) is 22.0 Å². The first-order valence-corrected chi connectivity index (χ1v) is 17.8. The Morgan fingerprint density at radius 1 is 0.812 bits per heavy atom. The maximum absolute atomic E-state index is 13.5.